The van der Waals surface area contributed by atoms with Crippen molar-refractivity contribution in [2.24, 2.45) is 0 Å². The van der Waals surface area contributed by atoms with Crippen LogP contribution in [0.5, 0.6) is 0 Å². The van der Waals surface area contributed by atoms with Crippen molar-refractivity contribution in [1.82, 2.24) is 34.7 Å². The van der Waals surface area contributed by atoms with Crippen LogP contribution in [0.2, 0.25) is 0 Å². The van der Waals surface area contributed by atoms with Gasteiger partial charge in [0.25, 0.3) is 0 Å². The molecule has 5 aromatic rings. The maximum Gasteiger partial charge on any atom is 0.410 e. The lowest BCUT2D eigenvalue weighted by Crippen LogP contribution is -2.36. The molecule has 0 saturated carbocycles. The molecule has 5 heterocycles. The van der Waals surface area contributed by atoms with Crippen LogP contribution in [0.15, 0.2) is 54.7 Å². The van der Waals surface area contributed by atoms with E-state index in [1.54, 1.807) is 9.80 Å². The summed E-state index contributed by atoms with van der Waals surface area (Å²) < 4.78 is 11.3. The van der Waals surface area contributed by atoms with E-state index in [1.165, 1.54) is 0 Å². The summed E-state index contributed by atoms with van der Waals surface area (Å²) in [7, 11) is 0. The Morgan fingerprint density at radius 2 is 1.19 bits per heavy atom. The quantitative estimate of drug-likeness (QED) is 0.200. The van der Waals surface area contributed by atoms with Gasteiger partial charge in [-0.15, -0.1) is 0 Å². The Bertz CT molecular complexity index is 1840. The van der Waals surface area contributed by atoms with Crippen molar-refractivity contribution in [3.8, 4) is 22.3 Å². The molecule has 48 heavy (non-hydrogen) atoms. The predicted octanol–water partition coefficient (Wildman–Crippen LogP) is 8.31. The maximum atomic E-state index is 12.9. The van der Waals surface area contributed by atoms with Crippen LogP contribution in [-0.4, -0.2) is 71.2 Å². The van der Waals surface area contributed by atoms with Crippen molar-refractivity contribution in [1.29, 1.82) is 0 Å². The largest absolute Gasteiger partial charge is 0.444 e. The smallest absolute Gasteiger partial charge is 0.410 e. The normalized spacial score (nSPS) is 18.6. The van der Waals surface area contributed by atoms with Crippen LogP contribution in [0.3, 0.4) is 0 Å². The summed E-state index contributed by atoms with van der Waals surface area (Å²) in [6.45, 7) is 12.6. The summed E-state index contributed by atoms with van der Waals surface area (Å²) >= 11 is 0. The monoisotopic (exact) mass is 649 g/mol. The SMILES string of the molecule is CC(C)(C)OC(=O)N1CCC[C@H]1c1nc2ccc(-c3ccc(-c4cnc5nc([C@@H]6CCCN6C(=O)OC(C)(C)C)[nH]c5c4)cc3)cc2[nH]1. The van der Waals surface area contributed by atoms with Crippen LogP contribution < -0.4 is 0 Å². The second-order valence-corrected chi connectivity index (χ2v) is 14.8. The molecule has 2 fully saturated rings. The first-order valence-corrected chi connectivity index (χ1v) is 16.8. The van der Waals surface area contributed by atoms with Crippen LogP contribution >= 0.6 is 0 Å². The number of likely N-dealkylation sites (tertiary alicyclic amines) is 2. The summed E-state index contributed by atoms with van der Waals surface area (Å²) in [6.07, 6.45) is 4.70. The number of carbonyl (C=O) groups is 2. The number of imidazole rings is 2. The zero-order chi connectivity index (χ0) is 33.8. The molecule has 2 saturated heterocycles. The van der Waals surface area contributed by atoms with Gasteiger partial charge in [-0.3, -0.25) is 9.80 Å². The highest BCUT2D eigenvalue weighted by atomic mass is 16.6. The van der Waals surface area contributed by atoms with E-state index in [0.29, 0.717) is 18.7 Å². The zero-order valence-electron chi connectivity index (χ0n) is 28.5. The highest BCUT2D eigenvalue weighted by molar-refractivity contribution is 5.84. The average Bonchev–Trinajstić information content (AvgIpc) is 3.83. The number of ether oxygens (including phenoxy) is 2. The molecule has 2 aromatic carbocycles. The second kappa shape index (κ2) is 11.9. The highest BCUT2D eigenvalue weighted by Gasteiger charge is 2.36. The maximum absolute atomic E-state index is 12.9. The van der Waals surface area contributed by atoms with E-state index in [2.05, 4.69) is 57.4 Å². The van der Waals surface area contributed by atoms with E-state index in [-0.39, 0.29) is 24.3 Å². The Balaban J connectivity index is 1.08. The van der Waals surface area contributed by atoms with E-state index in [9.17, 15) is 9.59 Å². The number of pyridine rings is 1. The molecule has 0 unspecified atom stereocenters. The van der Waals surface area contributed by atoms with Crippen LogP contribution in [0.25, 0.3) is 44.5 Å². The first-order valence-electron chi connectivity index (χ1n) is 16.8. The number of nitrogens with zero attached hydrogens (tertiary/aromatic N) is 5. The molecule has 11 nitrogen and oxygen atoms in total. The third kappa shape index (κ3) is 6.46. The van der Waals surface area contributed by atoms with Crippen LogP contribution in [0.1, 0.15) is 91.0 Å². The van der Waals surface area contributed by atoms with Gasteiger partial charge in [0.05, 0.1) is 28.6 Å². The Morgan fingerprint density at radius 1 is 0.688 bits per heavy atom. The summed E-state index contributed by atoms with van der Waals surface area (Å²) in [4.78, 5) is 50.4. The minimum atomic E-state index is -0.554. The molecular weight excluding hydrogens is 606 g/mol. The molecule has 0 radical (unpaired) electrons. The Morgan fingerprint density at radius 3 is 1.77 bits per heavy atom. The zero-order valence-corrected chi connectivity index (χ0v) is 28.5. The van der Waals surface area contributed by atoms with Gasteiger partial charge in [0.2, 0.25) is 0 Å². The number of aromatic amines is 2. The number of benzene rings is 2. The van der Waals surface area contributed by atoms with Crippen molar-refractivity contribution < 1.29 is 19.1 Å². The number of hydrogen-bond acceptors (Lipinski definition) is 7. The number of H-pyrrole nitrogens is 2. The molecule has 2 atom stereocenters. The summed E-state index contributed by atoms with van der Waals surface area (Å²) in [6, 6.07) is 16.4. The van der Waals surface area contributed by atoms with Crippen molar-refractivity contribution in [3.63, 3.8) is 0 Å². The summed E-state index contributed by atoms with van der Waals surface area (Å²) in [5, 5.41) is 0. The molecular formula is C37H43N7O4. The Kier molecular flexibility index (Phi) is 7.88. The molecule has 250 valence electrons. The predicted molar refractivity (Wildman–Crippen MR) is 184 cm³/mol. The van der Waals surface area contributed by atoms with Gasteiger partial charge >= 0.3 is 12.2 Å². The number of hydrogen-bond donors (Lipinski definition) is 2. The number of nitrogens with one attached hydrogen (secondary N) is 2. The van der Waals surface area contributed by atoms with Gasteiger partial charge in [0.15, 0.2) is 5.65 Å². The van der Waals surface area contributed by atoms with E-state index in [0.717, 1.165) is 76.1 Å². The average molecular weight is 650 g/mol. The van der Waals surface area contributed by atoms with Gasteiger partial charge in [-0.1, -0.05) is 30.3 Å². The van der Waals surface area contributed by atoms with Crippen molar-refractivity contribution >= 4 is 34.4 Å². The lowest BCUT2D eigenvalue weighted by Gasteiger charge is -2.27. The fourth-order valence-corrected chi connectivity index (χ4v) is 6.64. The van der Waals surface area contributed by atoms with E-state index >= 15 is 0 Å². The number of amides is 2. The molecule has 0 aliphatic carbocycles. The van der Waals surface area contributed by atoms with E-state index < -0.39 is 11.2 Å². The number of rotatable bonds is 4. The molecule has 2 aliphatic rings. The molecule has 2 N–H and O–H groups in total. The third-order valence-electron chi connectivity index (χ3n) is 8.80. The lowest BCUT2D eigenvalue weighted by molar-refractivity contribution is 0.0208. The van der Waals surface area contributed by atoms with Gasteiger partial charge in [0, 0.05) is 24.8 Å². The van der Waals surface area contributed by atoms with Gasteiger partial charge in [-0.2, -0.15) is 0 Å². The van der Waals surface area contributed by atoms with Gasteiger partial charge in [-0.05, 0) is 102 Å². The molecule has 7 rings (SSSR count). The molecule has 3 aromatic heterocycles. The fourth-order valence-electron chi connectivity index (χ4n) is 6.64. The van der Waals surface area contributed by atoms with Gasteiger partial charge < -0.3 is 19.4 Å². The third-order valence-corrected chi connectivity index (χ3v) is 8.80. The van der Waals surface area contributed by atoms with Crippen LogP contribution in [-0.2, 0) is 9.47 Å². The topological polar surface area (TPSA) is 129 Å². The standard InChI is InChI=1S/C37H43N7O4/c1-36(2,3)47-34(45)43-17-7-9-29(43)32-39-26-16-15-24(19-27(26)40-32)22-11-13-23(14-12-22)25-20-28-31(38-21-25)42-33(41-28)30-10-8-18-44(30)35(46)48-37(4,5)6/h11-16,19-21,29-30H,7-10,17-18H2,1-6H3,(H,39,40)(H,38,41,42)/t29-,30-/m0/s1. The van der Waals surface area contributed by atoms with Gasteiger partial charge in [0.1, 0.15) is 22.9 Å². The molecule has 2 amide bonds. The molecule has 2 aliphatic heterocycles. The van der Waals surface area contributed by atoms with Crippen LogP contribution in [0, 0.1) is 0 Å². The highest BCUT2D eigenvalue weighted by Crippen LogP contribution is 2.35. The molecule has 0 bridgehead atoms. The summed E-state index contributed by atoms with van der Waals surface area (Å²) in [5.74, 6) is 1.52. The first kappa shape index (κ1) is 31.7. The number of aromatic nitrogens is 5. The molecule has 11 heteroatoms. The Hall–Kier alpha value is -4.93. The van der Waals surface area contributed by atoms with Crippen molar-refractivity contribution in [2.75, 3.05) is 13.1 Å². The fraction of sp³-hybridized carbons (Fsp3) is 0.432. The number of carbonyl (C=O) groups excluding carboxylic acids is 2. The summed E-state index contributed by atoms with van der Waals surface area (Å²) in [5.41, 5.74) is 6.31. The second-order valence-electron chi connectivity index (χ2n) is 14.8. The Labute approximate surface area is 280 Å². The minimum Gasteiger partial charge on any atom is -0.444 e. The van der Waals surface area contributed by atoms with Crippen LogP contribution in [0.4, 0.5) is 9.59 Å². The minimum absolute atomic E-state index is 0.131. The van der Waals surface area contributed by atoms with E-state index in [1.807, 2.05) is 53.8 Å². The van der Waals surface area contributed by atoms with Gasteiger partial charge in [-0.25, -0.2) is 24.5 Å². The molecule has 0 spiro atoms. The van der Waals surface area contributed by atoms with Crippen molar-refractivity contribution in [3.05, 3.63) is 66.4 Å². The number of fused-ring (bicyclic) bond motifs is 2. The first-order chi connectivity index (χ1) is 22.8. The van der Waals surface area contributed by atoms with E-state index in [4.69, 9.17) is 19.4 Å². The van der Waals surface area contributed by atoms with Crippen molar-refractivity contribution in [2.45, 2.75) is 90.5 Å². The lowest BCUT2D eigenvalue weighted by atomic mass is 10.0.